The third-order valence-electron chi connectivity index (χ3n) is 10.4. The van der Waals surface area contributed by atoms with Crippen molar-refractivity contribution < 1.29 is 4.79 Å². The largest absolute Gasteiger partial charge is 0.308 e. The molecule has 10 aromatic rings. The molecule has 3 heteroatoms. The molecule has 0 aliphatic heterocycles. The summed E-state index contributed by atoms with van der Waals surface area (Å²) in [6.07, 6.45) is 0.762. The van der Waals surface area contributed by atoms with Crippen molar-refractivity contribution in [3.05, 3.63) is 162 Å². The average molecular weight is 616 g/mol. The topological polar surface area (TPSA) is 21.5 Å². The summed E-state index contributed by atoms with van der Waals surface area (Å²) in [6, 6.07) is 50.2. The molecule has 2 nitrogen and oxygen atoms in total. The van der Waals surface area contributed by atoms with Crippen LogP contribution >= 0.6 is 11.3 Å². The van der Waals surface area contributed by atoms with Crippen LogP contribution in [0, 0.1) is 0 Å². The molecular formula is C44H25NOS. The van der Waals surface area contributed by atoms with Gasteiger partial charge in [0.25, 0.3) is 0 Å². The van der Waals surface area contributed by atoms with Crippen molar-refractivity contribution in [2.45, 2.75) is 6.42 Å². The average Bonchev–Trinajstić information content (AvgIpc) is 3.78. The Balaban J connectivity index is 1.02. The number of para-hydroxylation sites is 2. The van der Waals surface area contributed by atoms with Crippen LogP contribution in [0.1, 0.15) is 27.0 Å². The standard InChI is InChI=1S/C44H25NOS/c46-44-36-21-25(27-17-19-42-38(23-27)33-7-2-4-11-41(33)47-42)12-14-29(36)20-30-15-13-26(22-37(30)44)28-16-18-32-35-9-5-8-34-31-6-1-3-10-39(31)45(43(34)35)40(32)24-28/h1-19,21-24H,20H2. The van der Waals surface area contributed by atoms with Crippen molar-refractivity contribution in [2.75, 3.05) is 0 Å². The number of nitrogens with zero attached hydrogens (tertiary/aromatic N) is 1. The summed E-state index contributed by atoms with van der Waals surface area (Å²) in [4.78, 5) is 14.2. The minimum atomic E-state index is 0.110. The van der Waals surface area contributed by atoms with Gasteiger partial charge in [-0.3, -0.25) is 4.79 Å². The van der Waals surface area contributed by atoms with Crippen LogP contribution in [0.25, 0.3) is 80.5 Å². The number of fused-ring (bicyclic) bond motifs is 11. The van der Waals surface area contributed by atoms with Crippen molar-refractivity contribution in [1.29, 1.82) is 0 Å². The van der Waals surface area contributed by atoms with E-state index in [4.69, 9.17) is 0 Å². The Morgan fingerprint density at radius 3 is 1.81 bits per heavy atom. The number of rotatable bonds is 2. The van der Waals surface area contributed by atoms with E-state index in [9.17, 15) is 4.79 Å². The minimum absolute atomic E-state index is 0.110. The Hall–Kier alpha value is -5.77. The predicted molar refractivity (Wildman–Crippen MR) is 198 cm³/mol. The maximum atomic E-state index is 14.2. The molecule has 0 radical (unpaired) electrons. The van der Waals surface area contributed by atoms with Crippen molar-refractivity contribution in [3.8, 4) is 22.3 Å². The summed E-state index contributed by atoms with van der Waals surface area (Å²) in [7, 11) is 0. The lowest BCUT2D eigenvalue weighted by Crippen LogP contribution is -2.15. The molecular weight excluding hydrogens is 591 g/mol. The summed E-state index contributed by atoms with van der Waals surface area (Å²) in [5.41, 5.74) is 11.9. The minimum Gasteiger partial charge on any atom is -0.308 e. The fraction of sp³-hybridized carbons (Fsp3) is 0.0227. The van der Waals surface area contributed by atoms with Gasteiger partial charge >= 0.3 is 0 Å². The van der Waals surface area contributed by atoms with E-state index < -0.39 is 0 Å². The van der Waals surface area contributed by atoms with Crippen molar-refractivity contribution in [2.24, 2.45) is 0 Å². The quantitative estimate of drug-likeness (QED) is 0.190. The zero-order valence-corrected chi connectivity index (χ0v) is 26.1. The number of hydrogen-bond donors (Lipinski definition) is 0. The van der Waals surface area contributed by atoms with E-state index in [0.717, 1.165) is 50.9 Å². The zero-order valence-electron chi connectivity index (χ0n) is 25.2. The van der Waals surface area contributed by atoms with Crippen LogP contribution in [0.4, 0.5) is 0 Å². The molecule has 0 fully saturated rings. The smallest absolute Gasteiger partial charge is 0.193 e. The third-order valence-corrected chi connectivity index (χ3v) is 11.5. The van der Waals surface area contributed by atoms with Gasteiger partial charge < -0.3 is 4.40 Å². The maximum Gasteiger partial charge on any atom is 0.193 e. The fourth-order valence-electron chi connectivity index (χ4n) is 8.11. The van der Waals surface area contributed by atoms with E-state index >= 15 is 0 Å². The van der Waals surface area contributed by atoms with E-state index in [-0.39, 0.29) is 5.78 Å². The molecule has 3 aromatic heterocycles. The number of carbonyl (C=O) groups is 1. The lowest BCUT2D eigenvalue weighted by Gasteiger charge is -2.20. The predicted octanol–water partition coefficient (Wildman–Crippen LogP) is 11.7. The highest BCUT2D eigenvalue weighted by Crippen LogP contribution is 2.41. The first-order chi connectivity index (χ1) is 23.2. The molecule has 0 N–H and O–H groups in total. The van der Waals surface area contributed by atoms with E-state index in [2.05, 4.69) is 144 Å². The number of benzene rings is 7. The Morgan fingerprint density at radius 2 is 1.02 bits per heavy atom. The first kappa shape index (κ1) is 25.4. The second-order valence-electron chi connectivity index (χ2n) is 12.8. The highest BCUT2D eigenvalue weighted by molar-refractivity contribution is 7.25. The van der Waals surface area contributed by atoms with Crippen LogP contribution in [0.2, 0.25) is 0 Å². The summed E-state index contributed by atoms with van der Waals surface area (Å²) in [5, 5.41) is 7.66. The molecule has 218 valence electrons. The number of hydrogen-bond acceptors (Lipinski definition) is 2. The normalized spacial score (nSPS) is 13.1. The number of aromatic nitrogens is 1. The van der Waals surface area contributed by atoms with Gasteiger partial charge in [-0.1, -0.05) is 97.1 Å². The van der Waals surface area contributed by atoms with Crippen LogP contribution in [-0.4, -0.2) is 10.2 Å². The lowest BCUT2D eigenvalue weighted by molar-refractivity contribution is 0.103. The molecule has 0 saturated heterocycles. The highest BCUT2D eigenvalue weighted by atomic mass is 32.1. The van der Waals surface area contributed by atoms with Gasteiger partial charge in [0.05, 0.1) is 16.6 Å². The highest BCUT2D eigenvalue weighted by Gasteiger charge is 2.25. The number of carbonyl (C=O) groups excluding carboxylic acids is 1. The molecule has 0 spiro atoms. The van der Waals surface area contributed by atoms with E-state index in [1.54, 1.807) is 0 Å². The lowest BCUT2D eigenvalue weighted by atomic mass is 9.82. The Labute approximate surface area is 274 Å². The monoisotopic (exact) mass is 615 g/mol. The first-order valence-electron chi connectivity index (χ1n) is 16.1. The van der Waals surface area contributed by atoms with Crippen molar-refractivity contribution in [3.63, 3.8) is 0 Å². The first-order valence-corrected chi connectivity index (χ1v) is 16.9. The van der Waals surface area contributed by atoms with Crippen molar-refractivity contribution in [1.82, 2.24) is 4.40 Å². The SMILES string of the molecule is O=C1c2cc(-c3ccc4sc5ccccc5c4c3)ccc2Cc2ccc(-c3ccc4c5cccc6c7ccccc7n(c4c3)c65)cc21. The Bertz CT molecular complexity index is 2960. The second-order valence-corrected chi connectivity index (χ2v) is 13.9. The molecule has 7 aromatic carbocycles. The van der Waals surface area contributed by atoms with Gasteiger partial charge in [-0.05, 0) is 82.3 Å². The van der Waals surface area contributed by atoms with Gasteiger partial charge in [-0.15, -0.1) is 11.3 Å². The second kappa shape index (κ2) is 9.16. The van der Waals surface area contributed by atoms with Crippen LogP contribution in [0.15, 0.2) is 140 Å². The molecule has 0 bridgehead atoms. The van der Waals surface area contributed by atoms with Gasteiger partial charge in [0.1, 0.15) is 0 Å². The van der Waals surface area contributed by atoms with Crippen LogP contribution < -0.4 is 0 Å². The molecule has 3 heterocycles. The number of ketones is 1. The molecule has 1 aliphatic carbocycles. The zero-order chi connectivity index (χ0) is 30.8. The maximum absolute atomic E-state index is 14.2. The van der Waals surface area contributed by atoms with Gasteiger partial charge in [0.2, 0.25) is 0 Å². The van der Waals surface area contributed by atoms with Crippen LogP contribution in [0.3, 0.4) is 0 Å². The molecule has 47 heavy (non-hydrogen) atoms. The molecule has 0 unspecified atom stereocenters. The summed E-state index contributed by atoms with van der Waals surface area (Å²) < 4.78 is 5.00. The molecule has 0 saturated carbocycles. The molecule has 11 rings (SSSR count). The van der Waals surface area contributed by atoms with E-state index in [1.807, 2.05) is 11.3 Å². The molecule has 1 aliphatic rings. The van der Waals surface area contributed by atoms with Gasteiger partial charge in [0.15, 0.2) is 5.78 Å². The van der Waals surface area contributed by atoms with Gasteiger partial charge in [0, 0.05) is 52.8 Å². The molecule has 0 amide bonds. The van der Waals surface area contributed by atoms with E-state index in [0.29, 0.717) is 0 Å². The third kappa shape index (κ3) is 3.47. The van der Waals surface area contributed by atoms with Crippen molar-refractivity contribution >= 4 is 75.4 Å². The summed E-state index contributed by atoms with van der Waals surface area (Å²) in [5.74, 6) is 0.110. The number of thiophene rings is 1. The molecule has 0 atom stereocenters. The van der Waals surface area contributed by atoms with Crippen LogP contribution in [-0.2, 0) is 6.42 Å². The van der Waals surface area contributed by atoms with Gasteiger partial charge in [-0.2, -0.15) is 0 Å². The summed E-state index contributed by atoms with van der Waals surface area (Å²) >= 11 is 1.83. The summed E-state index contributed by atoms with van der Waals surface area (Å²) in [6.45, 7) is 0. The Morgan fingerprint density at radius 1 is 0.447 bits per heavy atom. The van der Waals surface area contributed by atoms with Crippen LogP contribution in [0.5, 0.6) is 0 Å². The Kier molecular flexibility index (Phi) is 4.95. The fourth-order valence-corrected chi connectivity index (χ4v) is 9.20. The van der Waals surface area contributed by atoms with E-state index in [1.165, 1.54) is 58.3 Å². The van der Waals surface area contributed by atoms with Gasteiger partial charge in [-0.25, -0.2) is 0 Å².